The monoisotopic (exact) mass is 696 g/mol. The molecule has 1 saturated heterocycles. The van der Waals surface area contributed by atoms with Crippen LogP contribution in [-0.4, -0.2) is 42.0 Å². The lowest BCUT2D eigenvalue weighted by molar-refractivity contribution is -0.226. The van der Waals surface area contributed by atoms with Crippen LogP contribution in [0.1, 0.15) is 213 Å². The molecule has 2 fully saturated rings. The summed E-state index contributed by atoms with van der Waals surface area (Å²) in [5, 5.41) is 11.6. The second-order valence-corrected chi connectivity index (χ2v) is 16.4. The maximum Gasteiger partial charge on any atom is 0.166 e. The molecule has 50 heavy (non-hydrogen) atoms. The molecule has 3 unspecified atom stereocenters. The molecule has 1 heterocycles. The van der Waals surface area contributed by atoms with Crippen LogP contribution in [0.3, 0.4) is 0 Å². The van der Waals surface area contributed by atoms with Gasteiger partial charge in [0.2, 0.25) is 0 Å². The van der Waals surface area contributed by atoms with Crippen molar-refractivity contribution >= 4 is 0 Å². The van der Waals surface area contributed by atoms with E-state index in [-0.39, 0.29) is 11.5 Å². The van der Waals surface area contributed by atoms with E-state index >= 15 is 0 Å². The summed E-state index contributed by atoms with van der Waals surface area (Å²) in [6.45, 7) is 6.60. The molecule has 290 valence electrons. The SMILES string of the molecule is CCCCC/C=C\C/C=C\CCCCCCCCCC1(CCCCCCCC/C=C\C/C=C\CCCCC)CCC(O)(OC2CCN(C)C2)C1. The van der Waals surface area contributed by atoms with Crippen LogP contribution in [0.15, 0.2) is 48.6 Å². The van der Waals surface area contributed by atoms with Gasteiger partial charge in [-0.3, -0.25) is 0 Å². The van der Waals surface area contributed by atoms with Crippen molar-refractivity contribution in [1.29, 1.82) is 0 Å². The molecule has 2 aliphatic rings. The highest BCUT2D eigenvalue weighted by atomic mass is 16.6. The first-order valence-corrected chi connectivity index (χ1v) is 22.2. The molecule has 1 saturated carbocycles. The Morgan fingerprint density at radius 3 is 1.40 bits per heavy atom. The van der Waals surface area contributed by atoms with Crippen molar-refractivity contribution in [2.45, 2.75) is 225 Å². The number of nitrogens with zero attached hydrogens (tertiary/aromatic N) is 1. The molecule has 0 bridgehead atoms. The smallest absolute Gasteiger partial charge is 0.166 e. The lowest BCUT2D eigenvalue weighted by Gasteiger charge is -2.33. The molecule has 3 nitrogen and oxygen atoms in total. The Labute approximate surface area is 312 Å². The highest BCUT2D eigenvalue weighted by Crippen LogP contribution is 2.52. The van der Waals surface area contributed by atoms with Crippen molar-refractivity contribution in [3.8, 4) is 0 Å². The van der Waals surface area contributed by atoms with E-state index in [1.165, 1.54) is 161 Å². The van der Waals surface area contributed by atoms with Crippen LogP contribution in [0, 0.1) is 5.41 Å². The van der Waals surface area contributed by atoms with Gasteiger partial charge in [0, 0.05) is 25.9 Å². The molecule has 0 spiro atoms. The normalized spacial score (nSPS) is 23.3. The van der Waals surface area contributed by atoms with Crippen molar-refractivity contribution in [3.05, 3.63) is 48.6 Å². The Hall–Kier alpha value is -1.16. The van der Waals surface area contributed by atoms with Crippen LogP contribution in [0.25, 0.3) is 0 Å². The molecule has 0 aromatic heterocycles. The van der Waals surface area contributed by atoms with E-state index in [4.69, 9.17) is 4.74 Å². The molecule has 3 heteroatoms. The summed E-state index contributed by atoms with van der Waals surface area (Å²) in [6.07, 6.45) is 58.3. The molecular formula is C47H85NO2. The fraction of sp³-hybridized carbons (Fsp3) is 0.830. The topological polar surface area (TPSA) is 32.7 Å². The van der Waals surface area contributed by atoms with Crippen molar-refractivity contribution in [2.75, 3.05) is 20.1 Å². The van der Waals surface area contributed by atoms with Gasteiger partial charge in [0.15, 0.2) is 5.79 Å². The average molecular weight is 696 g/mol. The van der Waals surface area contributed by atoms with Gasteiger partial charge < -0.3 is 14.7 Å². The van der Waals surface area contributed by atoms with E-state index < -0.39 is 5.79 Å². The summed E-state index contributed by atoms with van der Waals surface area (Å²) in [4.78, 5) is 2.34. The zero-order chi connectivity index (χ0) is 35.9. The van der Waals surface area contributed by atoms with Crippen molar-refractivity contribution < 1.29 is 9.84 Å². The lowest BCUT2D eigenvalue weighted by atomic mass is 9.76. The number of allylic oxidation sites excluding steroid dienone is 8. The first kappa shape index (κ1) is 45.0. The quantitative estimate of drug-likeness (QED) is 0.0421. The van der Waals surface area contributed by atoms with E-state index in [1.807, 2.05) is 0 Å². The average Bonchev–Trinajstić information content (AvgIpc) is 3.67. The largest absolute Gasteiger partial charge is 0.365 e. The molecule has 0 aromatic rings. The minimum Gasteiger partial charge on any atom is -0.365 e. The maximum absolute atomic E-state index is 11.6. The Bertz CT molecular complexity index is 892. The van der Waals surface area contributed by atoms with E-state index in [2.05, 4.69) is 74.4 Å². The van der Waals surface area contributed by atoms with E-state index in [0.717, 1.165) is 51.6 Å². The summed E-state index contributed by atoms with van der Waals surface area (Å²) in [6, 6.07) is 0. The Kier molecular flexibility index (Phi) is 27.3. The van der Waals surface area contributed by atoms with Crippen molar-refractivity contribution in [1.82, 2.24) is 4.90 Å². The number of hydrogen-bond donors (Lipinski definition) is 1. The molecular weight excluding hydrogens is 611 g/mol. The zero-order valence-electron chi connectivity index (χ0n) is 33.8. The van der Waals surface area contributed by atoms with Gasteiger partial charge in [-0.05, 0) is 102 Å². The van der Waals surface area contributed by atoms with Gasteiger partial charge >= 0.3 is 0 Å². The summed E-state index contributed by atoms with van der Waals surface area (Å²) >= 11 is 0. The van der Waals surface area contributed by atoms with Crippen LogP contribution >= 0.6 is 0 Å². The van der Waals surface area contributed by atoms with Gasteiger partial charge in [-0.15, -0.1) is 0 Å². The van der Waals surface area contributed by atoms with Crippen LogP contribution in [0.5, 0.6) is 0 Å². The lowest BCUT2D eigenvalue weighted by Crippen LogP contribution is -2.36. The summed E-state index contributed by atoms with van der Waals surface area (Å²) in [5.41, 5.74) is 0.283. The second kappa shape index (κ2) is 30.3. The van der Waals surface area contributed by atoms with Crippen LogP contribution in [0.2, 0.25) is 0 Å². The predicted octanol–water partition coefficient (Wildman–Crippen LogP) is 14.4. The van der Waals surface area contributed by atoms with Gasteiger partial charge in [-0.1, -0.05) is 159 Å². The fourth-order valence-corrected chi connectivity index (χ4v) is 8.33. The summed E-state index contributed by atoms with van der Waals surface area (Å²) in [7, 11) is 2.17. The Balaban J connectivity index is 1.59. The van der Waals surface area contributed by atoms with Gasteiger partial charge in [0.25, 0.3) is 0 Å². The summed E-state index contributed by atoms with van der Waals surface area (Å²) < 4.78 is 6.45. The Morgan fingerprint density at radius 2 is 0.980 bits per heavy atom. The predicted molar refractivity (Wildman–Crippen MR) is 221 cm³/mol. The van der Waals surface area contributed by atoms with Gasteiger partial charge in [0.1, 0.15) is 0 Å². The van der Waals surface area contributed by atoms with Crippen molar-refractivity contribution in [3.63, 3.8) is 0 Å². The van der Waals surface area contributed by atoms with Gasteiger partial charge in [-0.25, -0.2) is 0 Å². The highest BCUT2D eigenvalue weighted by molar-refractivity contribution is 4.96. The van der Waals surface area contributed by atoms with E-state index in [9.17, 15) is 5.11 Å². The van der Waals surface area contributed by atoms with Crippen LogP contribution in [0.4, 0.5) is 0 Å². The molecule has 2 rings (SSSR count). The first-order valence-electron chi connectivity index (χ1n) is 22.2. The number of likely N-dealkylation sites (N-methyl/N-ethyl adjacent to an activating group) is 1. The van der Waals surface area contributed by atoms with Gasteiger partial charge in [0.05, 0.1) is 6.10 Å². The number of aliphatic hydroxyl groups is 1. The van der Waals surface area contributed by atoms with Crippen LogP contribution in [-0.2, 0) is 4.74 Å². The number of likely N-dealkylation sites (tertiary alicyclic amines) is 1. The first-order chi connectivity index (χ1) is 24.5. The molecule has 1 aliphatic carbocycles. The number of hydrogen-bond acceptors (Lipinski definition) is 3. The molecule has 0 aromatic carbocycles. The van der Waals surface area contributed by atoms with Crippen molar-refractivity contribution in [2.24, 2.45) is 5.41 Å². The highest BCUT2D eigenvalue weighted by Gasteiger charge is 2.48. The fourth-order valence-electron chi connectivity index (χ4n) is 8.33. The minimum atomic E-state index is -0.895. The second-order valence-electron chi connectivity index (χ2n) is 16.4. The third kappa shape index (κ3) is 23.4. The third-order valence-corrected chi connectivity index (χ3v) is 11.5. The van der Waals surface area contributed by atoms with E-state index in [0.29, 0.717) is 0 Å². The number of rotatable bonds is 33. The molecule has 3 atom stereocenters. The minimum absolute atomic E-state index is 0.204. The van der Waals surface area contributed by atoms with Gasteiger partial charge in [-0.2, -0.15) is 0 Å². The number of ether oxygens (including phenoxy) is 1. The van der Waals surface area contributed by atoms with Crippen LogP contribution < -0.4 is 0 Å². The maximum atomic E-state index is 11.6. The molecule has 0 radical (unpaired) electrons. The standard InChI is InChI=1S/C47H85NO2/c1-4-6-8-10-12-14-16-18-20-22-24-26-28-30-32-34-36-39-46(40-41-47(49,44-46)50-45-37-42-48(3)43-45)38-35-33-31-29-27-25-23-21-19-17-15-13-11-9-7-5-2/h12-15,18-21,45,49H,4-11,16-17,22-44H2,1-3H3/b14-12-,15-13-,20-18-,21-19-. The third-order valence-electron chi connectivity index (χ3n) is 11.5. The summed E-state index contributed by atoms with van der Waals surface area (Å²) in [5.74, 6) is -0.895. The molecule has 1 N–H and O–H groups in total. The Morgan fingerprint density at radius 1 is 0.560 bits per heavy atom. The zero-order valence-corrected chi connectivity index (χ0v) is 33.8. The molecule has 0 amide bonds. The van der Waals surface area contributed by atoms with E-state index in [1.54, 1.807) is 0 Å². The molecule has 1 aliphatic heterocycles. The number of unbranched alkanes of at least 4 members (excludes halogenated alkanes) is 19.